The Morgan fingerprint density at radius 2 is 2.06 bits per heavy atom. The monoisotopic (exact) mass is 283 g/mol. The highest BCUT2D eigenvalue weighted by Crippen LogP contribution is 2.10. The fourth-order valence-corrected chi connectivity index (χ4v) is 2.11. The first-order valence-corrected chi connectivity index (χ1v) is 6.61. The molecule has 1 N–H and O–H groups in total. The molecule has 2 nitrogen and oxygen atoms in total. The molecule has 0 aliphatic carbocycles. The van der Waals surface area contributed by atoms with Gasteiger partial charge in [0.25, 0.3) is 5.91 Å². The molecule has 1 rings (SSSR count). The molecule has 0 saturated carbocycles. The fraction of sp³-hybridized carbons (Fsp3) is 0.462. The summed E-state index contributed by atoms with van der Waals surface area (Å²) in [7, 11) is 0. The van der Waals surface area contributed by atoms with Gasteiger partial charge in [0.1, 0.15) is 0 Å². The number of rotatable bonds is 4. The number of amides is 1. The maximum Gasteiger partial charge on any atom is 0.251 e. The number of carbonyl (C=O) groups excluding carboxylic acids is 1. The molecule has 16 heavy (non-hydrogen) atoms. The molecule has 88 valence electrons. The molecule has 0 aliphatic heterocycles. The van der Waals surface area contributed by atoms with Crippen molar-refractivity contribution in [3.05, 3.63) is 34.9 Å². The van der Waals surface area contributed by atoms with Crippen molar-refractivity contribution >= 4 is 21.8 Å². The minimum absolute atomic E-state index is 0.0107. The number of benzene rings is 1. The first kappa shape index (κ1) is 13.2. The highest BCUT2D eigenvalue weighted by molar-refractivity contribution is 9.09. The summed E-state index contributed by atoms with van der Waals surface area (Å²) in [4.78, 5) is 11.9. The highest BCUT2D eigenvalue weighted by atomic mass is 79.9. The van der Waals surface area contributed by atoms with Crippen LogP contribution in [0, 0.1) is 13.8 Å². The highest BCUT2D eigenvalue weighted by Gasteiger charge is 2.09. The number of hydrogen-bond donors (Lipinski definition) is 1. The maximum absolute atomic E-state index is 11.9. The molecule has 1 unspecified atom stereocenters. The second kappa shape index (κ2) is 6.04. The number of alkyl halides is 1. The van der Waals surface area contributed by atoms with Crippen LogP contribution in [0.4, 0.5) is 0 Å². The third kappa shape index (κ3) is 3.63. The van der Waals surface area contributed by atoms with E-state index in [9.17, 15) is 4.79 Å². The van der Waals surface area contributed by atoms with E-state index in [2.05, 4.69) is 21.2 Å². The van der Waals surface area contributed by atoms with E-state index in [1.165, 1.54) is 5.56 Å². The topological polar surface area (TPSA) is 29.1 Å². The van der Waals surface area contributed by atoms with Gasteiger partial charge < -0.3 is 5.32 Å². The second-order valence-electron chi connectivity index (χ2n) is 4.15. The first-order chi connectivity index (χ1) is 7.54. The van der Waals surface area contributed by atoms with Crippen LogP contribution in [-0.4, -0.2) is 17.3 Å². The van der Waals surface area contributed by atoms with Gasteiger partial charge in [-0.1, -0.05) is 22.0 Å². The van der Waals surface area contributed by atoms with Crippen LogP contribution >= 0.6 is 15.9 Å². The average Bonchev–Trinajstić information content (AvgIpc) is 2.22. The van der Waals surface area contributed by atoms with E-state index in [4.69, 9.17) is 0 Å². The van der Waals surface area contributed by atoms with Gasteiger partial charge in [0, 0.05) is 16.9 Å². The molecule has 0 heterocycles. The van der Waals surface area contributed by atoms with E-state index < -0.39 is 0 Å². The van der Waals surface area contributed by atoms with E-state index in [0.29, 0.717) is 0 Å². The van der Waals surface area contributed by atoms with Gasteiger partial charge in [0.05, 0.1) is 0 Å². The lowest BCUT2D eigenvalue weighted by molar-refractivity contribution is 0.0939. The molecular formula is C13H18BrNO. The fourth-order valence-electron chi connectivity index (χ4n) is 1.43. The van der Waals surface area contributed by atoms with Crippen molar-refractivity contribution in [1.29, 1.82) is 0 Å². The Hall–Kier alpha value is -0.830. The SMILES string of the molecule is Cc1ccc(C(=O)NC(C)CCBr)cc1C. The Morgan fingerprint density at radius 3 is 2.62 bits per heavy atom. The summed E-state index contributed by atoms with van der Waals surface area (Å²) in [5.41, 5.74) is 3.11. The number of aryl methyl sites for hydroxylation is 2. The standard InChI is InChI=1S/C13H18BrNO/c1-9-4-5-12(8-10(9)2)13(16)15-11(3)6-7-14/h4-5,8,11H,6-7H2,1-3H3,(H,15,16). The summed E-state index contributed by atoms with van der Waals surface area (Å²) in [6.07, 6.45) is 0.941. The van der Waals surface area contributed by atoms with Gasteiger partial charge in [-0.15, -0.1) is 0 Å². The minimum Gasteiger partial charge on any atom is -0.350 e. The molecule has 0 aliphatic rings. The van der Waals surface area contributed by atoms with Gasteiger partial charge in [-0.25, -0.2) is 0 Å². The van der Waals surface area contributed by atoms with Crippen molar-refractivity contribution in [2.24, 2.45) is 0 Å². The lowest BCUT2D eigenvalue weighted by Gasteiger charge is -2.13. The third-order valence-electron chi connectivity index (χ3n) is 2.69. The molecule has 0 saturated heterocycles. The number of halogens is 1. The normalized spacial score (nSPS) is 12.2. The third-order valence-corrected chi connectivity index (χ3v) is 3.15. The second-order valence-corrected chi connectivity index (χ2v) is 4.94. The first-order valence-electron chi connectivity index (χ1n) is 5.48. The molecule has 0 aromatic heterocycles. The minimum atomic E-state index is 0.0107. The summed E-state index contributed by atoms with van der Waals surface area (Å²) in [6, 6.07) is 6.00. The van der Waals surface area contributed by atoms with Crippen molar-refractivity contribution in [3.8, 4) is 0 Å². The van der Waals surface area contributed by atoms with Crippen LogP contribution in [0.3, 0.4) is 0 Å². The van der Waals surface area contributed by atoms with Crippen LogP contribution in [-0.2, 0) is 0 Å². The van der Waals surface area contributed by atoms with E-state index in [-0.39, 0.29) is 11.9 Å². The molecule has 1 amide bonds. The molecule has 0 bridgehead atoms. The summed E-state index contributed by atoms with van der Waals surface area (Å²) >= 11 is 3.37. The molecule has 1 aromatic rings. The van der Waals surface area contributed by atoms with Gasteiger partial charge in [0.15, 0.2) is 0 Å². The largest absolute Gasteiger partial charge is 0.350 e. The van der Waals surface area contributed by atoms with Crippen LogP contribution in [0.25, 0.3) is 0 Å². The summed E-state index contributed by atoms with van der Waals surface area (Å²) in [6.45, 7) is 6.08. The van der Waals surface area contributed by atoms with Gasteiger partial charge in [-0.3, -0.25) is 4.79 Å². The Labute approximate surface area is 106 Å². The number of hydrogen-bond acceptors (Lipinski definition) is 1. The van der Waals surface area contributed by atoms with Crippen molar-refractivity contribution in [1.82, 2.24) is 5.32 Å². The van der Waals surface area contributed by atoms with E-state index in [0.717, 1.165) is 22.9 Å². The van der Waals surface area contributed by atoms with Gasteiger partial charge in [-0.2, -0.15) is 0 Å². The van der Waals surface area contributed by atoms with E-state index >= 15 is 0 Å². The van der Waals surface area contributed by atoms with Crippen LogP contribution < -0.4 is 5.32 Å². The summed E-state index contributed by atoms with van der Waals surface area (Å²) < 4.78 is 0. The smallest absolute Gasteiger partial charge is 0.251 e. The Balaban J connectivity index is 2.69. The van der Waals surface area contributed by atoms with Crippen LogP contribution in [0.15, 0.2) is 18.2 Å². The van der Waals surface area contributed by atoms with Gasteiger partial charge in [-0.05, 0) is 50.5 Å². The molecule has 3 heteroatoms. The Morgan fingerprint density at radius 1 is 1.38 bits per heavy atom. The Kier molecular flexibility index (Phi) is 5.00. The lowest BCUT2D eigenvalue weighted by Crippen LogP contribution is -2.32. The predicted octanol–water partition coefficient (Wildman–Crippen LogP) is 3.21. The lowest BCUT2D eigenvalue weighted by atomic mass is 10.1. The predicted molar refractivity (Wildman–Crippen MR) is 71.3 cm³/mol. The summed E-state index contributed by atoms with van der Waals surface area (Å²) in [5.74, 6) is 0.0107. The van der Waals surface area contributed by atoms with Crippen LogP contribution in [0.1, 0.15) is 34.8 Å². The molecule has 0 fully saturated rings. The van der Waals surface area contributed by atoms with Gasteiger partial charge >= 0.3 is 0 Å². The van der Waals surface area contributed by atoms with Crippen molar-refractivity contribution in [3.63, 3.8) is 0 Å². The molecule has 1 atom stereocenters. The van der Waals surface area contributed by atoms with Crippen LogP contribution in [0.5, 0.6) is 0 Å². The number of nitrogens with one attached hydrogen (secondary N) is 1. The van der Waals surface area contributed by atoms with Crippen LogP contribution in [0.2, 0.25) is 0 Å². The molecule has 0 spiro atoms. The zero-order chi connectivity index (χ0) is 12.1. The van der Waals surface area contributed by atoms with Gasteiger partial charge in [0.2, 0.25) is 0 Å². The molecule has 1 aromatic carbocycles. The number of carbonyl (C=O) groups is 1. The van der Waals surface area contributed by atoms with Crippen molar-refractivity contribution < 1.29 is 4.79 Å². The van der Waals surface area contributed by atoms with Crippen molar-refractivity contribution in [2.75, 3.05) is 5.33 Å². The zero-order valence-corrected chi connectivity index (χ0v) is 11.6. The van der Waals surface area contributed by atoms with E-state index in [1.807, 2.05) is 39.0 Å². The quantitative estimate of drug-likeness (QED) is 0.845. The molecule has 0 radical (unpaired) electrons. The zero-order valence-electron chi connectivity index (χ0n) is 10.0. The maximum atomic E-state index is 11.9. The van der Waals surface area contributed by atoms with E-state index in [1.54, 1.807) is 0 Å². The average molecular weight is 284 g/mol. The van der Waals surface area contributed by atoms with Crippen molar-refractivity contribution in [2.45, 2.75) is 33.2 Å². The molecular weight excluding hydrogens is 266 g/mol. The summed E-state index contributed by atoms with van der Waals surface area (Å²) in [5, 5.41) is 3.88. The Bertz CT molecular complexity index is 376.